The summed E-state index contributed by atoms with van der Waals surface area (Å²) in [5.74, 6) is -0.513. The van der Waals surface area contributed by atoms with Gasteiger partial charge in [-0.15, -0.1) is 0 Å². The van der Waals surface area contributed by atoms with Crippen LogP contribution in [0.15, 0.2) is 36.4 Å². The molecule has 0 aliphatic heterocycles. The monoisotopic (exact) mass is 276 g/mol. The molecule has 1 heterocycles. The van der Waals surface area contributed by atoms with Gasteiger partial charge < -0.3 is 10.5 Å². The van der Waals surface area contributed by atoms with Gasteiger partial charge in [0.05, 0.1) is 16.3 Å². The van der Waals surface area contributed by atoms with Crippen molar-refractivity contribution in [3.05, 3.63) is 58.4 Å². The fourth-order valence-electron chi connectivity index (χ4n) is 1.60. The van der Waals surface area contributed by atoms with Crippen LogP contribution in [0, 0.1) is 6.92 Å². The van der Waals surface area contributed by atoms with E-state index < -0.39 is 5.97 Å². The number of aromatic nitrogens is 1. The number of nitrogens with two attached hydrogens (primary N) is 1. The summed E-state index contributed by atoms with van der Waals surface area (Å²) in [5, 5.41) is 0.316. The van der Waals surface area contributed by atoms with E-state index in [-0.39, 0.29) is 12.2 Å². The number of aryl methyl sites for hydroxylation is 1. The van der Waals surface area contributed by atoms with E-state index in [2.05, 4.69) is 4.98 Å². The third-order valence-electron chi connectivity index (χ3n) is 2.51. The first kappa shape index (κ1) is 13.4. The molecule has 1 aromatic heterocycles. The van der Waals surface area contributed by atoms with Gasteiger partial charge in [-0.05, 0) is 37.3 Å². The summed E-state index contributed by atoms with van der Waals surface area (Å²) in [7, 11) is 0. The highest BCUT2D eigenvalue weighted by atomic mass is 35.5. The molecule has 0 bridgehead atoms. The number of benzene rings is 1. The minimum absolute atomic E-state index is 0.103. The predicted molar refractivity (Wildman–Crippen MR) is 74.0 cm³/mol. The molecule has 2 aromatic rings. The van der Waals surface area contributed by atoms with Crippen LogP contribution in [0.4, 0.5) is 5.69 Å². The molecule has 2 N–H and O–H groups in total. The molecule has 0 aliphatic rings. The Bertz CT molecular complexity index is 614. The van der Waals surface area contributed by atoms with Crippen LogP contribution in [-0.2, 0) is 11.3 Å². The quantitative estimate of drug-likeness (QED) is 0.691. The fourth-order valence-corrected chi connectivity index (χ4v) is 1.79. The fraction of sp³-hybridized carbons (Fsp3) is 0.143. The maximum atomic E-state index is 11.9. The van der Waals surface area contributed by atoms with Crippen LogP contribution in [0.2, 0.25) is 5.02 Å². The zero-order chi connectivity index (χ0) is 13.8. The average Bonchev–Trinajstić information content (AvgIpc) is 2.39. The zero-order valence-corrected chi connectivity index (χ0v) is 11.1. The lowest BCUT2D eigenvalue weighted by Gasteiger charge is -2.07. The molecule has 0 unspecified atom stereocenters. The second-order valence-corrected chi connectivity index (χ2v) is 4.49. The van der Waals surface area contributed by atoms with E-state index in [1.807, 2.05) is 19.1 Å². The van der Waals surface area contributed by atoms with Gasteiger partial charge in [-0.25, -0.2) is 4.79 Å². The van der Waals surface area contributed by atoms with Crippen molar-refractivity contribution >= 4 is 23.3 Å². The highest BCUT2D eigenvalue weighted by molar-refractivity contribution is 6.33. The molecule has 1 aromatic carbocycles. The van der Waals surface area contributed by atoms with Crippen LogP contribution >= 0.6 is 11.6 Å². The number of ether oxygens (including phenoxy) is 1. The Morgan fingerprint density at radius 2 is 2.16 bits per heavy atom. The highest BCUT2D eigenvalue weighted by Crippen LogP contribution is 2.20. The van der Waals surface area contributed by atoms with Gasteiger partial charge in [0.2, 0.25) is 0 Å². The molecule has 2 rings (SSSR count). The molecule has 98 valence electrons. The summed E-state index contributed by atoms with van der Waals surface area (Å²) in [6.07, 6.45) is 0. The molecule has 19 heavy (non-hydrogen) atoms. The second-order valence-electron chi connectivity index (χ2n) is 4.09. The first-order valence-corrected chi connectivity index (χ1v) is 6.09. The summed E-state index contributed by atoms with van der Waals surface area (Å²) in [6, 6.07) is 10.2. The molecular weight excluding hydrogens is 264 g/mol. The topological polar surface area (TPSA) is 65.2 Å². The van der Waals surface area contributed by atoms with Gasteiger partial charge in [0.25, 0.3) is 0 Å². The Hall–Kier alpha value is -2.07. The number of esters is 1. The van der Waals surface area contributed by atoms with Crippen molar-refractivity contribution in [2.45, 2.75) is 13.5 Å². The Morgan fingerprint density at radius 1 is 1.37 bits per heavy atom. The molecule has 0 saturated heterocycles. The van der Waals surface area contributed by atoms with Crippen LogP contribution in [0.5, 0.6) is 0 Å². The van der Waals surface area contributed by atoms with Crippen molar-refractivity contribution in [2.75, 3.05) is 5.73 Å². The standard InChI is InChI=1S/C14H13ClN2O2/c1-9-3-2-4-11(17-9)8-19-14(18)12-7-10(16)5-6-13(12)15/h2-7H,8,16H2,1H3. The van der Waals surface area contributed by atoms with Crippen LogP contribution in [-0.4, -0.2) is 11.0 Å². The summed E-state index contributed by atoms with van der Waals surface area (Å²) in [5.41, 5.74) is 7.89. The normalized spacial score (nSPS) is 10.2. The number of carbonyl (C=O) groups excluding carboxylic acids is 1. The number of pyridine rings is 1. The molecule has 0 aliphatic carbocycles. The number of nitrogens with zero attached hydrogens (tertiary/aromatic N) is 1. The van der Waals surface area contributed by atoms with Gasteiger partial charge in [0.15, 0.2) is 0 Å². The smallest absolute Gasteiger partial charge is 0.340 e. The lowest BCUT2D eigenvalue weighted by atomic mass is 10.2. The average molecular weight is 277 g/mol. The van der Waals surface area contributed by atoms with E-state index in [9.17, 15) is 4.79 Å². The summed E-state index contributed by atoms with van der Waals surface area (Å²) in [6.45, 7) is 1.98. The maximum absolute atomic E-state index is 11.9. The van der Waals surface area contributed by atoms with Gasteiger partial charge >= 0.3 is 5.97 Å². The van der Waals surface area contributed by atoms with Gasteiger partial charge in [0, 0.05) is 11.4 Å². The number of rotatable bonds is 3. The van der Waals surface area contributed by atoms with Crippen molar-refractivity contribution in [1.82, 2.24) is 4.98 Å². The van der Waals surface area contributed by atoms with E-state index in [1.165, 1.54) is 6.07 Å². The van der Waals surface area contributed by atoms with Crippen molar-refractivity contribution in [3.63, 3.8) is 0 Å². The van der Waals surface area contributed by atoms with Crippen molar-refractivity contribution < 1.29 is 9.53 Å². The van der Waals surface area contributed by atoms with E-state index >= 15 is 0 Å². The van der Waals surface area contributed by atoms with E-state index in [1.54, 1.807) is 18.2 Å². The van der Waals surface area contributed by atoms with Crippen LogP contribution in [0.3, 0.4) is 0 Å². The molecule has 0 radical (unpaired) electrons. The molecule has 0 atom stereocenters. The summed E-state index contributed by atoms with van der Waals surface area (Å²) in [4.78, 5) is 16.1. The predicted octanol–water partition coefficient (Wildman–Crippen LogP) is 2.98. The van der Waals surface area contributed by atoms with Crippen LogP contribution in [0.25, 0.3) is 0 Å². The third-order valence-corrected chi connectivity index (χ3v) is 2.84. The van der Waals surface area contributed by atoms with Crippen LogP contribution < -0.4 is 5.73 Å². The van der Waals surface area contributed by atoms with Crippen molar-refractivity contribution in [1.29, 1.82) is 0 Å². The largest absolute Gasteiger partial charge is 0.456 e. The van der Waals surface area contributed by atoms with Gasteiger partial charge in [-0.1, -0.05) is 17.7 Å². The molecule has 4 nitrogen and oxygen atoms in total. The van der Waals surface area contributed by atoms with Crippen LogP contribution in [0.1, 0.15) is 21.7 Å². The Labute approximate surface area is 116 Å². The van der Waals surface area contributed by atoms with Crippen molar-refractivity contribution in [3.8, 4) is 0 Å². The van der Waals surface area contributed by atoms with E-state index in [0.717, 1.165) is 5.69 Å². The Kier molecular flexibility index (Phi) is 4.02. The minimum Gasteiger partial charge on any atom is -0.456 e. The number of nitrogen functional groups attached to an aromatic ring is 1. The van der Waals surface area contributed by atoms with Gasteiger partial charge in [0.1, 0.15) is 6.61 Å². The van der Waals surface area contributed by atoms with Gasteiger partial charge in [-0.2, -0.15) is 0 Å². The SMILES string of the molecule is Cc1cccc(COC(=O)c2cc(N)ccc2Cl)n1. The number of carbonyl (C=O) groups is 1. The van der Waals surface area contributed by atoms with Crippen molar-refractivity contribution in [2.24, 2.45) is 0 Å². The summed E-state index contributed by atoms with van der Waals surface area (Å²) >= 11 is 5.93. The molecule has 0 spiro atoms. The molecular formula is C14H13ClN2O2. The third kappa shape index (κ3) is 3.45. The number of halogens is 1. The zero-order valence-electron chi connectivity index (χ0n) is 10.4. The lowest BCUT2D eigenvalue weighted by molar-refractivity contribution is 0.0468. The molecule has 0 amide bonds. The highest BCUT2D eigenvalue weighted by Gasteiger charge is 2.12. The van der Waals surface area contributed by atoms with E-state index in [0.29, 0.717) is 16.4 Å². The first-order valence-electron chi connectivity index (χ1n) is 5.71. The molecule has 0 saturated carbocycles. The maximum Gasteiger partial charge on any atom is 0.340 e. The van der Waals surface area contributed by atoms with Gasteiger partial charge in [-0.3, -0.25) is 4.98 Å². The number of hydrogen-bond donors (Lipinski definition) is 1. The first-order chi connectivity index (χ1) is 9.06. The Balaban J connectivity index is 2.07. The lowest BCUT2D eigenvalue weighted by Crippen LogP contribution is -2.07. The molecule has 5 heteroatoms. The Morgan fingerprint density at radius 3 is 2.89 bits per heavy atom. The van der Waals surface area contributed by atoms with E-state index in [4.69, 9.17) is 22.1 Å². The minimum atomic E-state index is -0.513. The number of hydrogen-bond acceptors (Lipinski definition) is 4. The molecule has 0 fully saturated rings. The number of anilines is 1. The second kappa shape index (κ2) is 5.71. The summed E-state index contributed by atoms with van der Waals surface area (Å²) < 4.78 is 5.16.